The SMILES string of the molecule is O=S(C=Cc1ccc(C(F)(F)F)cc1)Cc1ccc(F)cc1. The lowest BCUT2D eigenvalue weighted by Gasteiger charge is -2.05. The number of alkyl halides is 3. The Bertz CT molecular complexity index is 673. The molecule has 1 nitrogen and oxygen atoms in total. The van der Waals surface area contributed by atoms with E-state index in [0.29, 0.717) is 5.56 Å². The second kappa shape index (κ2) is 6.87. The van der Waals surface area contributed by atoms with Gasteiger partial charge in [0.2, 0.25) is 0 Å². The van der Waals surface area contributed by atoms with Crippen molar-refractivity contribution in [1.82, 2.24) is 0 Å². The van der Waals surface area contributed by atoms with Gasteiger partial charge >= 0.3 is 6.18 Å². The van der Waals surface area contributed by atoms with Gasteiger partial charge in [0, 0.05) is 5.41 Å². The molecule has 0 aromatic heterocycles. The highest BCUT2D eigenvalue weighted by Crippen LogP contribution is 2.29. The van der Waals surface area contributed by atoms with Crippen LogP contribution in [0.25, 0.3) is 6.08 Å². The topological polar surface area (TPSA) is 17.1 Å². The van der Waals surface area contributed by atoms with Gasteiger partial charge in [0.15, 0.2) is 0 Å². The number of hydrogen-bond acceptors (Lipinski definition) is 1. The van der Waals surface area contributed by atoms with Gasteiger partial charge in [-0.05, 0) is 41.5 Å². The first-order valence-electron chi connectivity index (χ1n) is 6.32. The third kappa shape index (κ3) is 4.80. The number of rotatable bonds is 4. The van der Waals surface area contributed by atoms with E-state index in [-0.39, 0.29) is 11.6 Å². The Hall–Kier alpha value is -1.95. The molecule has 1 unspecified atom stereocenters. The molecule has 22 heavy (non-hydrogen) atoms. The van der Waals surface area contributed by atoms with Crippen molar-refractivity contribution in [2.24, 2.45) is 0 Å². The molecule has 0 bridgehead atoms. The Morgan fingerprint density at radius 2 is 1.55 bits per heavy atom. The third-order valence-corrected chi connectivity index (χ3v) is 3.93. The summed E-state index contributed by atoms with van der Waals surface area (Å²) in [5.74, 6) is -0.146. The molecule has 2 aromatic rings. The van der Waals surface area contributed by atoms with E-state index in [9.17, 15) is 21.8 Å². The van der Waals surface area contributed by atoms with Crippen molar-refractivity contribution >= 4 is 16.9 Å². The fraction of sp³-hybridized carbons (Fsp3) is 0.125. The highest BCUT2D eigenvalue weighted by atomic mass is 32.2. The van der Waals surface area contributed by atoms with Gasteiger partial charge in [-0.15, -0.1) is 0 Å². The van der Waals surface area contributed by atoms with Crippen molar-refractivity contribution < 1.29 is 21.8 Å². The van der Waals surface area contributed by atoms with Gasteiger partial charge in [-0.25, -0.2) is 4.39 Å². The number of benzene rings is 2. The minimum Gasteiger partial charge on any atom is -0.255 e. The fourth-order valence-corrected chi connectivity index (χ4v) is 2.66. The molecule has 0 amide bonds. The summed E-state index contributed by atoms with van der Waals surface area (Å²) in [5, 5.41) is 1.41. The molecule has 1 atom stereocenters. The molecule has 2 aromatic carbocycles. The Labute approximate surface area is 127 Å². The molecule has 0 aliphatic heterocycles. The molecule has 116 valence electrons. The molecule has 0 heterocycles. The lowest BCUT2D eigenvalue weighted by molar-refractivity contribution is -0.137. The van der Waals surface area contributed by atoms with Crippen LogP contribution in [0.4, 0.5) is 17.6 Å². The van der Waals surface area contributed by atoms with E-state index in [1.807, 2.05) is 0 Å². The van der Waals surface area contributed by atoms with E-state index in [0.717, 1.165) is 17.7 Å². The van der Waals surface area contributed by atoms with Crippen molar-refractivity contribution in [3.8, 4) is 0 Å². The van der Waals surface area contributed by atoms with E-state index in [2.05, 4.69) is 0 Å². The standard InChI is InChI=1S/C16H12F4OS/c17-15-7-3-13(4-8-15)11-22(21)10-9-12-1-5-14(6-2-12)16(18,19)20/h1-10H,11H2. The lowest BCUT2D eigenvalue weighted by Crippen LogP contribution is -2.03. The van der Waals surface area contributed by atoms with E-state index in [4.69, 9.17) is 0 Å². The molecule has 2 rings (SSSR count). The second-order valence-electron chi connectivity index (χ2n) is 4.57. The van der Waals surface area contributed by atoms with E-state index in [1.54, 1.807) is 12.1 Å². The summed E-state index contributed by atoms with van der Waals surface area (Å²) in [4.78, 5) is 0. The Morgan fingerprint density at radius 1 is 0.955 bits per heavy atom. The summed E-state index contributed by atoms with van der Waals surface area (Å²) in [6.07, 6.45) is -2.87. The lowest BCUT2D eigenvalue weighted by atomic mass is 10.1. The van der Waals surface area contributed by atoms with Crippen LogP contribution in [-0.4, -0.2) is 4.21 Å². The van der Waals surface area contributed by atoms with Crippen LogP contribution in [0, 0.1) is 5.82 Å². The molecule has 0 N–H and O–H groups in total. The smallest absolute Gasteiger partial charge is 0.255 e. The van der Waals surface area contributed by atoms with Gasteiger partial charge < -0.3 is 0 Å². The van der Waals surface area contributed by atoms with E-state index < -0.39 is 22.5 Å². The normalized spacial score (nSPS) is 13.5. The maximum Gasteiger partial charge on any atom is 0.416 e. The van der Waals surface area contributed by atoms with Crippen LogP contribution in [-0.2, 0) is 22.7 Å². The maximum atomic E-state index is 12.7. The van der Waals surface area contributed by atoms with Crippen LogP contribution in [0.1, 0.15) is 16.7 Å². The van der Waals surface area contributed by atoms with Crippen LogP contribution in [0.3, 0.4) is 0 Å². The van der Waals surface area contributed by atoms with Gasteiger partial charge in [0.25, 0.3) is 0 Å². The Balaban J connectivity index is 1.99. The summed E-state index contributed by atoms with van der Waals surface area (Å²) in [6.45, 7) is 0. The van der Waals surface area contributed by atoms with Crippen LogP contribution >= 0.6 is 0 Å². The molecule has 0 radical (unpaired) electrons. The minimum absolute atomic E-state index is 0.220. The average Bonchev–Trinajstić information content (AvgIpc) is 2.47. The van der Waals surface area contributed by atoms with Crippen molar-refractivity contribution in [2.45, 2.75) is 11.9 Å². The molecule has 0 aliphatic rings. The predicted octanol–water partition coefficient (Wildman–Crippen LogP) is 4.76. The first kappa shape index (κ1) is 16.4. The average molecular weight is 328 g/mol. The van der Waals surface area contributed by atoms with Gasteiger partial charge in [-0.3, -0.25) is 4.21 Å². The van der Waals surface area contributed by atoms with Crippen LogP contribution in [0.15, 0.2) is 53.9 Å². The van der Waals surface area contributed by atoms with Crippen molar-refractivity contribution in [2.75, 3.05) is 0 Å². The molecule has 0 saturated carbocycles. The molecule has 0 spiro atoms. The third-order valence-electron chi connectivity index (χ3n) is 2.87. The van der Waals surface area contributed by atoms with E-state index >= 15 is 0 Å². The summed E-state index contributed by atoms with van der Waals surface area (Å²) in [6, 6.07) is 10.2. The molecular weight excluding hydrogens is 316 g/mol. The van der Waals surface area contributed by atoms with Crippen molar-refractivity contribution in [3.63, 3.8) is 0 Å². The quantitative estimate of drug-likeness (QED) is 0.739. The second-order valence-corrected chi connectivity index (χ2v) is 5.90. The Kier molecular flexibility index (Phi) is 5.13. The van der Waals surface area contributed by atoms with Gasteiger partial charge in [-0.1, -0.05) is 24.3 Å². The molecule has 0 saturated heterocycles. The highest BCUT2D eigenvalue weighted by Gasteiger charge is 2.29. The van der Waals surface area contributed by atoms with Crippen LogP contribution in [0.2, 0.25) is 0 Å². The number of halogens is 4. The van der Waals surface area contributed by atoms with Gasteiger partial charge in [-0.2, -0.15) is 13.2 Å². The summed E-state index contributed by atoms with van der Waals surface area (Å²) >= 11 is 0. The van der Waals surface area contributed by atoms with Crippen molar-refractivity contribution in [1.29, 1.82) is 0 Å². The minimum atomic E-state index is -4.37. The predicted molar refractivity (Wildman–Crippen MR) is 78.7 cm³/mol. The monoisotopic (exact) mass is 328 g/mol. The Morgan fingerprint density at radius 3 is 2.09 bits per heavy atom. The molecular formula is C16H12F4OS. The van der Waals surface area contributed by atoms with Gasteiger partial charge in [0.05, 0.1) is 22.1 Å². The highest BCUT2D eigenvalue weighted by molar-refractivity contribution is 7.87. The van der Waals surface area contributed by atoms with E-state index in [1.165, 1.54) is 35.7 Å². The summed E-state index contributed by atoms with van der Waals surface area (Å²) < 4.78 is 61.8. The zero-order chi connectivity index (χ0) is 16.2. The summed E-state index contributed by atoms with van der Waals surface area (Å²) in [5.41, 5.74) is 0.523. The molecule has 0 aliphatic carbocycles. The first-order chi connectivity index (χ1) is 10.3. The summed E-state index contributed by atoms with van der Waals surface area (Å²) in [7, 11) is -1.33. The zero-order valence-electron chi connectivity index (χ0n) is 11.3. The number of hydrogen-bond donors (Lipinski definition) is 0. The maximum absolute atomic E-state index is 12.7. The van der Waals surface area contributed by atoms with Gasteiger partial charge in [0.1, 0.15) is 5.82 Å². The fourth-order valence-electron chi connectivity index (χ4n) is 1.73. The van der Waals surface area contributed by atoms with Crippen molar-refractivity contribution in [3.05, 3.63) is 76.4 Å². The van der Waals surface area contributed by atoms with Crippen LogP contribution in [0.5, 0.6) is 0 Å². The molecule has 0 fully saturated rings. The molecule has 6 heteroatoms. The largest absolute Gasteiger partial charge is 0.416 e. The zero-order valence-corrected chi connectivity index (χ0v) is 12.1. The first-order valence-corrected chi connectivity index (χ1v) is 7.70. The van der Waals surface area contributed by atoms with Crippen LogP contribution < -0.4 is 0 Å².